The maximum absolute atomic E-state index is 14.1. The van der Waals surface area contributed by atoms with Gasteiger partial charge in [-0.2, -0.15) is 13.2 Å². The van der Waals surface area contributed by atoms with Gasteiger partial charge in [-0.25, -0.2) is 9.37 Å². The van der Waals surface area contributed by atoms with Crippen LogP contribution in [0, 0.1) is 5.82 Å². The Balaban J connectivity index is 1.71. The van der Waals surface area contributed by atoms with E-state index in [0.29, 0.717) is 23.0 Å². The van der Waals surface area contributed by atoms with Gasteiger partial charge in [-0.1, -0.05) is 15.9 Å². The number of hydrogen-bond donors (Lipinski definition) is 0. The first kappa shape index (κ1) is 18.3. The molecule has 0 radical (unpaired) electrons. The van der Waals surface area contributed by atoms with E-state index in [2.05, 4.69) is 20.9 Å². The summed E-state index contributed by atoms with van der Waals surface area (Å²) in [5.74, 6) is -0.708. The molecule has 0 fully saturated rings. The zero-order valence-electron chi connectivity index (χ0n) is 12.9. The second-order valence-corrected chi connectivity index (χ2v) is 7.77. The van der Waals surface area contributed by atoms with Crippen LogP contribution >= 0.6 is 27.3 Å². The molecule has 0 bridgehead atoms. The first-order chi connectivity index (χ1) is 11.7. The number of aryl methyl sites for hydroxylation is 1. The maximum Gasteiger partial charge on any atom is 0.389 e. The Labute approximate surface area is 153 Å². The molecule has 0 spiro atoms. The number of hydrogen-bond acceptors (Lipinski definition) is 3. The van der Waals surface area contributed by atoms with Crippen molar-refractivity contribution >= 4 is 33.2 Å². The first-order valence-corrected chi connectivity index (χ1v) is 9.11. The molecule has 134 valence electrons. The molecule has 0 unspecified atom stereocenters. The van der Waals surface area contributed by atoms with Gasteiger partial charge in [0.05, 0.1) is 11.2 Å². The van der Waals surface area contributed by atoms with Crippen molar-refractivity contribution in [3.8, 4) is 0 Å². The highest BCUT2D eigenvalue weighted by Gasteiger charge is 2.28. The number of aromatic nitrogens is 1. The van der Waals surface area contributed by atoms with Crippen LogP contribution < -0.4 is 0 Å². The van der Waals surface area contributed by atoms with Gasteiger partial charge in [-0.15, -0.1) is 11.3 Å². The molecule has 0 saturated heterocycles. The van der Waals surface area contributed by atoms with E-state index >= 15 is 0 Å². The summed E-state index contributed by atoms with van der Waals surface area (Å²) in [6.45, 7) is 0.570. The van der Waals surface area contributed by atoms with Gasteiger partial charge in [0.1, 0.15) is 10.7 Å². The third-order valence-electron chi connectivity index (χ3n) is 3.93. The van der Waals surface area contributed by atoms with Gasteiger partial charge < -0.3 is 4.90 Å². The Morgan fingerprint density at radius 2 is 2.12 bits per heavy atom. The molecule has 0 aliphatic carbocycles. The van der Waals surface area contributed by atoms with Gasteiger partial charge in [0.2, 0.25) is 0 Å². The van der Waals surface area contributed by atoms with Crippen molar-refractivity contribution in [1.82, 2.24) is 9.88 Å². The number of benzene rings is 1. The molecule has 0 atom stereocenters. The fraction of sp³-hybridized carbons (Fsp3) is 0.375. The van der Waals surface area contributed by atoms with Crippen LogP contribution in [0.3, 0.4) is 0 Å². The monoisotopic (exact) mass is 436 g/mol. The van der Waals surface area contributed by atoms with Gasteiger partial charge >= 0.3 is 6.18 Å². The quantitative estimate of drug-likeness (QED) is 0.651. The summed E-state index contributed by atoms with van der Waals surface area (Å²) in [7, 11) is 0. The fourth-order valence-electron chi connectivity index (χ4n) is 2.68. The lowest BCUT2D eigenvalue weighted by Gasteiger charge is -2.28. The summed E-state index contributed by atoms with van der Waals surface area (Å²) < 4.78 is 51.6. The van der Waals surface area contributed by atoms with Crippen LogP contribution in [0.15, 0.2) is 22.8 Å². The largest absolute Gasteiger partial charge is 0.389 e. The normalized spacial score (nSPS) is 14.5. The molecular formula is C16H13BrF4N2OS. The van der Waals surface area contributed by atoms with Gasteiger partial charge in [0.15, 0.2) is 0 Å². The third-order valence-corrected chi connectivity index (χ3v) is 5.43. The van der Waals surface area contributed by atoms with E-state index in [0.717, 1.165) is 16.9 Å². The highest BCUT2D eigenvalue weighted by atomic mass is 79.9. The number of alkyl halides is 3. The second-order valence-electron chi connectivity index (χ2n) is 5.74. The Morgan fingerprint density at radius 3 is 2.84 bits per heavy atom. The molecule has 1 aliphatic heterocycles. The molecule has 25 heavy (non-hydrogen) atoms. The zero-order valence-corrected chi connectivity index (χ0v) is 15.3. The summed E-state index contributed by atoms with van der Waals surface area (Å²) in [6, 6.07) is 3.19. The van der Waals surface area contributed by atoms with Crippen LogP contribution in [0.2, 0.25) is 0 Å². The number of amides is 1. The van der Waals surface area contributed by atoms with Gasteiger partial charge in [0, 0.05) is 36.0 Å². The van der Waals surface area contributed by atoms with E-state index in [1.165, 1.54) is 17.2 Å². The molecule has 1 aliphatic rings. The fourth-order valence-corrected chi connectivity index (χ4v) is 4.05. The Kier molecular flexibility index (Phi) is 5.15. The number of thiazole rings is 1. The molecule has 1 aromatic heterocycles. The third kappa shape index (κ3) is 4.38. The van der Waals surface area contributed by atoms with Crippen LogP contribution in [0.25, 0.3) is 0 Å². The van der Waals surface area contributed by atoms with E-state index in [1.54, 1.807) is 0 Å². The van der Waals surface area contributed by atoms with Crippen LogP contribution in [-0.4, -0.2) is 28.5 Å². The Morgan fingerprint density at radius 1 is 1.36 bits per heavy atom. The number of nitrogens with zero attached hydrogens (tertiary/aromatic N) is 2. The molecule has 9 heteroatoms. The maximum atomic E-state index is 14.1. The minimum Gasteiger partial charge on any atom is -0.333 e. The Hall–Kier alpha value is -1.48. The molecule has 2 heterocycles. The summed E-state index contributed by atoms with van der Waals surface area (Å²) >= 11 is 4.21. The van der Waals surface area contributed by atoms with Crippen molar-refractivity contribution in [3.05, 3.63) is 49.6 Å². The number of rotatable bonds is 3. The SMILES string of the molecule is O=C(c1cnc(CCC(F)(F)F)s1)N1CCc2cc(Br)cc(F)c2C1. The average molecular weight is 437 g/mol. The van der Waals surface area contributed by atoms with E-state index in [4.69, 9.17) is 0 Å². The lowest BCUT2D eigenvalue weighted by molar-refractivity contribution is -0.134. The summed E-state index contributed by atoms with van der Waals surface area (Å²) in [6.07, 6.45) is -3.64. The van der Waals surface area contributed by atoms with Crippen molar-refractivity contribution in [2.24, 2.45) is 0 Å². The molecule has 2 aromatic rings. The lowest BCUT2D eigenvalue weighted by atomic mass is 9.99. The highest BCUT2D eigenvalue weighted by Crippen LogP contribution is 2.28. The van der Waals surface area contributed by atoms with Crippen LogP contribution in [0.5, 0.6) is 0 Å². The number of carbonyl (C=O) groups is 1. The smallest absolute Gasteiger partial charge is 0.333 e. The molecule has 1 amide bonds. The standard InChI is InChI=1S/C16H13BrF4N2OS/c17-10-5-9-2-4-23(8-11(9)12(18)6-10)15(24)13-7-22-14(25-13)1-3-16(19,20)21/h5-7H,1-4,8H2. The van der Waals surface area contributed by atoms with Crippen molar-refractivity contribution < 1.29 is 22.4 Å². The van der Waals surface area contributed by atoms with Crippen molar-refractivity contribution in [1.29, 1.82) is 0 Å². The second kappa shape index (κ2) is 7.03. The van der Waals surface area contributed by atoms with Crippen molar-refractivity contribution in [3.63, 3.8) is 0 Å². The predicted molar refractivity (Wildman–Crippen MR) is 89.0 cm³/mol. The molecular weight excluding hydrogens is 424 g/mol. The summed E-state index contributed by atoms with van der Waals surface area (Å²) in [5, 5.41) is 0.271. The predicted octanol–water partition coefficient (Wildman–Crippen LogP) is 4.74. The highest BCUT2D eigenvalue weighted by molar-refractivity contribution is 9.10. The van der Waals surface area contributed by atoms with Gasteiger partial charge in [-0.05, 0) is 24.1 Å². The molecule has 3 rings (SSSR count). The topological polar surface area (TPSA) is 33.2 Å². The Bertz CT molecular complexity index is 806. The average Bonchev–Trinajstić information content (AvgIpc) is 3.00. The number of halogens is 5. The van der Waals surface area contributed by atoms with E-state index in [1.807, 2.05) is 6.07 Å². The van der Waals surface area contributed by atoms with Gasteiger partial charge in [0.25, 0.3) is 5.91 Å². The minimum absolute atomic E-state index is 0.142. The lowest BCUT2D eigenvalue weighted by Crippen LogP contribution is -2.36. The summed E-state index contributed by atoms with van der Waals surface area (Å²) in [4.78, 5) is 18.2. The summed E-state index contributed by atoms with van der Waals surface area (Å²) in [5.41, 5.74) is 1.33. The van der Waals surface area contributed by atoms with Crippen LogP contribution in [-0.2, 0) is 19.4 Å². The van der Waals surface area contributed by atoms with E-state index in [-0.39, 0.29) is 34.6 Å². The van der Waals surface area contributed by atoms with E-state index < -0.39 is 12.6 Å². The van der Waals surface area contributed by atoms with Crippen LogP contribution in [0.1, 0.15) is 32.2 Å². The van der Waals surface area contributed by atoms with Crippen molar-refractivity contribution in [2.75, 3.05) is 6.54 Å². The van der Waals surface area contributed by atoms with Crippen molar-refractivity contribution in [2.45, 2.75) is 32.0 Å². The molecule has 3 nitrogen and oxygen atoms in total. The van der Waals surface area contributed by atoms with Crippen LogP contribution in [0.4, 0.5) is 17.6 Å². The first-order valence-electron chi connectivity index (χ1n) is 7.50. The molecule has 0 saturated carbocycles. The zero-order chi connectivity index (χ0) is 18.2. The van der Waals surface area contributed by atoms with Gasteiger partial charge in [-0.3, -0.25) is 4.79 Å². The molecule has 0 N–H and O–H groups in total. The number of carbonyl (C=O) groups excluding carboxylic acids is 1. The molecule has 1 aromatic carbocycles. The number of fused-ring (bicyclic) bond motifs is 1. The van der Waals surface area contributed by atoms with E-state index in [9.17, 15) is 22.4 Å². The minimum atomic E-state index is -4.25.